The van der Waals surface area contributed by atoms with E-state index in [2.05, 4.69) is 21.5 Å². The highest BCUT2D eigenvalue weighted by atomic mass is 19.1. The average molecular weight is 404 g/mol. The van der Waals surface area contributed by atoms with Crippen LogP contribution in [-0.2, 0) is 0 Å². The summed E-state index contributed by atoms with van der Waals surface area (Å²) in [6.07, 6.45) is 11.3. The van der Waals surface area contributed by atoms with Gasteiger partial charge in [-0.05, 0) is 60.7 Å². The number of anilines is 1. The number of aromatic nitrogens is 3. The van der Waals surface area contributed by atoms with Crippen LogP contribution in [0.2, 0.25) is 0 Å². The van der Waals surface area contributed by atoms with Crippen LogP contribution in [0.15, 0.2) is 59.5 Å². The first-order chi connectivity index (χ1) is 14.7. The number of hydrogen-bond acceptors (Lipinski definition) is 4. The number of furan rings is 1. The summed E-state index contributed by atoms with van der Waals surface area (Å²) < 4.78 is 21.1. The number of nitrogens with one attached hydrogen (secondary N) is 1. The second kappa shape index (κ2) is 7.74. The molecule has 1 fully saturated rings. The Morgan fingerprint density at radius 1 is 1.17 bits per heavy atom. The number of benzene rings is 1. The summed E-state index contributed by atoms with van der Waals surface area (Å²) >= 11 is 0. The van der Waals surface area contributed by atoms with E-state index in [1.165, 1.54) is 60.7 Å². The van der Waals surface area contributed by atoms with Crippen molar-refractivity contribution in [2.75, 3.05) is 5.32 Å². The molecular formula is C23H21FN4O2. The molecule has 0 unspecified atom stereocenters. The lowest BCUT2D eigenvalue weighted by atomic mass is 9.85. The Bertz CT molecular complexity index is 1190. The molecule has 1 N–H and O–H groups in total. The first-order valence-corrected chi connectivity index (χ1v) is 10.2. The average Bonchev–Trinajstić information content (AvgIpc) is 3.45. The van der Waals surface area contributed by atoms with Gasteiger partial charge in [0.05, 0.1) is 6.26 Å². The number of halogens is 1. The molecule has 0 spiro atoms. The summed E-state index contributed by atoms with van der Waals surface area (Å²) in [7, 11) is 0. The molecule has 0 aliphatic heterocycles. The van der Waals surface area contributed by atoms with E-state index in [4.69, 9.17) is 4.42 Å². The van der Waals surface area contributed by atoms with E-state index in [0.717, 1.165) is 5.39 Å². The van der Waals surface area contributed by atoms with Crippen molar-refractivity contribution in [3.63, 3.8) is 0 Å². The Morgan fingerprint density at radius 3 is 2.83 bits per heavy atom. The van der Waals surface area contributed by atoms with Gasteiger partial charge in [-0.1, -0.05) is 19.3 Å². The zero-order valence-electron chi connectivity index (χ0n) is 16.3. The third-order valence-corrected chi connectivity index (χ3v) is 5.65. The molecule has 1 aliphatic carbocycles. The number of hydrogen-bond donors (Lipinski definition) is 1. The van der Waals surface area contributed by atoms with Crippen LogP contribution in [0.1, 0.15) is 54.1 Å². The normalized spacial score (nSPS) is 14.8. The minimum absolute atomic E-state index is 0.185. The third kappa shape index (κ3) is 3.58. The number of carbonyl (C=O) groups excluding carboxylic acids is 1. The van der Waals surface area contributed by atoms with Crippen molar-refractivity contribution in [3.05, 3.63) is 72.2 Å². The molecule has 0 atom stereocenters. The minimum atomic E-state index is -0.439. The molecule has 5 rings (SSSR count). The van der Waals surface area contributed by atoms with E-state index in [0.29, 0.717) is 17.3 Å². The molecule has 4 aromatic rings. The van der Waals surface area contributed by atoms with Crippen LogP contribution in [0, 0.1) is 5.82 Å². The molecule has 0 radical (unpaired) electrons. The number of amides is 1. The Morgan fingerprint density at radius 2 is 2.03 bits per heavy atom. The van der Waals surface area contributed by atoms with Gasteiger partial charge in [0.25, 0.3) is 5.91 Å². The lowest BCUT2D eigenvalue weighted by Crippen LogP contribution is -2.11. The summed E-state index contributed by atoms with van der Waals surface area (Å²) in [5.41, 5.74) is 2.48. The van der Waals surface area contributed by atoms with E-state index in [9.17, 15) is 9.18 Å². The van der Waals surface area contributed by atoms with Crippen molar-refractivity contribution >= 4 is 22.6 Å². The predicted molar refractivity (Wildman–Crippen MR) is 111 cm³/mol. The van der Waals surface area contributed by atoms with Gasteiger partial charge in [-0.3, -0.25) is 4.79 Å². The summed E-state index contributed by atoms with van der Waals surface area (Å²) in [6.45, 7) is 0. The van der Waals surface area contributed by atoms with Gasteiger partial charge in [0.1, 0.15) is 11.5 Å². The molecule has 1 aliphatic rings. The fraction of sp³-hybridized carbons (Fsp3) is 0.261. The largest absolute Gasteiger partial charge is 0.459 e. The number of nitrogens with zero attached hydrogens (tertiary/aromatic N) is 3. The van der Waals surface area contributed by atoms with Gasteiger partial charge in [-0.15, -0.1) is 5.10 Å². The predicted octanol–water partition coefficient (Wildman–Crippen LogP) is 5.45. The van der Waals surface area contributed by atoms with Gasteiger partial charge in [-0.25, -0.2) is 14.1 Å². The molecule has 3 aromatic heterocycles. The highest BCUT2D eigenvalue weighted by Gasteiger charge is 2.18. The monoisotopic (exact) mass is 404 g/mol. The highest BCUT2D eigenvalue weighted by molar-refractivity contribution is 6.02. The third-order valence-electron chi connectivity index (χ3n) is 5.65. The zero-order chi connectivity index (χ0) is 20.5. The lowest BCUT2D eigenvalue weighted by Gasteiger charge is -2.21. The Labute approximate surface area is 172 Å². The number of rotatable bonds is 4. The topological polar surface area (TPSA) is 73.0 Å². The van der Waals surface area contributed by atoms with Crippen LogP contribution in [0.5, 0.6) is 0 Å². The lowest BCUT2D eigenvalue weighted by molar-refractivity contribution is 0.0996. The SMILES string of the molecule is O=C(Nc1ccc(F)c(-n2cc3cc(C4CCCCC4)cnc3n2)c1)c1ccco1. The van der Waals surface area contributed by atoms with Crippen LogP contribution >= 0.6 is 0 Å². The van der Waals surface area contributed by atoms with Crippen LogP contribution < -0.4 is 5.32 Å². The van der Waals surface area contributed by atoms with Crippen LogP contribution in [0.4, 0.5) is 10.1 Å². The minimum Gasteiger partial charge on any atom is -0.459 e. The zero-order valence-corrected chi connectivity index (χ0v) is 16.3. The van der Waals surface area contributed by atoms with E-state index >= 15 is 0 Å². The Hall–Kier alpha value is -3.48. The molecule has 0 bridgehead atoms. The fourth-order valence-corrected chi connectivity index (χ4v) is 4.08. The van der Waals surface area contributed by atoms with Crippen LogP contribution in [0.3, 0.4) is 0 Å². The van der Waals surface area contributed by atoms with Gasteiger partial charge >= 0.3 is 0 Å². The standard InChI is InChI=1S/C23H21FN4O2/c24-19-9-8-18(26-23(29)21-7-4-10-30-21)12-20(19)28-14-17-11-16(13-25-22(17)27-28)15-5-2-1-3-6-15/h4,7-15H,1-3,5-6H2,(H,26,29). The molecule has 1 amide bonds. The van der Waals surface area contributed by atoms with Crippen molar-refractivity contribution in [2.24, 2.45) is 0 Å². The maximum absolute atomic E-state index is 14.6. The van der Waals surface area contributed by atoms with E-state index in [1.54, 1.807) is 24.4 Å². The fourth-order valence-electron chi connectivity index (χ4n) is 4.08. The van der Waals surface area contributed by atoms with Crippen molar-refractivity contribution in [3.8, 4) is 5.69 Å². The van der Waals surface area contributed by atoms with Crippen LogP contribution in [0.25, 0.3) is 16.7 Å². The smallest absolute Gasteiger partial charge is 0.291 e. The quantitative estimate of drug-likeness (QED) is 0.491. The molecule has 30 heavy (non-hydrogen) atoms. The molecule has 152 valence electrons. The van der Waals surface area contributed by atoms with Gasteiger partial charge < -0.3 is 9.73 Å². The summed E-state index contributed by atoms with van der Waals surface area (Å²) in [5.74, 6) is -0.116. The van der Waals surface area contributed by atoms with Gasteiger partial charge in [0, 0.05) is 23.5 Å². The Kier molecular flexibility index (Phi) is 4.78. The second-order valence-corrected chi connectivity index (χ2v) is 7.69. The maximum Gasteiger partial charge on any atom is 0.291 e. The first kappa shape index (κ1) is 18.5. The molecular weight excluding hydrogens is 383 g/mol. The van der Waals surface area contributed by atoms with E-state index < -0.39 is 11.7 Å². The van der Waals surface area contributed by atoms with Crippen molar-refractivity contribution in [1.29, 1.82) is 0 Å². The van der Waals surface area contributed by atoms with Crippen molar-refractivity contribution in [1.82, 2.24) is 14.8 Å². The van der Waals surface area contributed by atoms with E-state index in [-0.39, 0.29) is 11.4 Å². The number of pyridine rings is 1. The Balaban J connectivity index is 1.44. The van der Waals surface area contributed by atoms with Crippen molar-refractivity contribution in [2.45, 2.75) is 38.0 Å². The summed E-state index contributed by atoms with van der Waals surface area (Å²) in [4.78, 5) is 16.7. The van der Waals surface area contributed by atoms with Crippen molar-refractivity contribution < 1.29 is 13.6 Å². The summed E-state index contributed by atoms with van der Waals surface area (Å²) in [5, 5.41) is 8.02. The molecule has 6 nitrogen and oxygen atoms in total. The highest BCUT2D eigenvalue weighted by Crippen LogP contribution is 2.33. The van der Waals surface area contributed by atoms with Gasteiger partial charge in [-0.2, -0.15) is 0 Å². The first-order valence-electron chi connectivity index (χ1n) is 10.2. The molecule has 1 aromatic carbocycles. The molecule has 7 heteroatoms. The molecule has 0 saturated heterocycles. The summed E-state index contributed by atoms with van der Waals surface area (Å²) in [6, 6.07) is 9.67. The molecule has 1 saturated carbocycles. The molecule has 3 heterocycles. The van der Waals surface area contributed by atoms with E-state index in [1.807, 2.05) is 6.20 Å². The maximum atomic E-state index is 14.6. The number of fused-ring (bicyclic) bond motifs is 1. The van der Waals surface area contributed by atoms with Crippen LogP contribution in [-0.4, -0.2) is 20.7 Å². The second-order valence-electron chi connectivity index (χ2n) is 7.69. The number of carbonyl (C=O) groups is 1. The van der Waals surface area contributed by atoms with Gasteiger partial charge in [0.15, 0.2) is 11.4 Å². The van der Waals surface area contributed by atoms with Gasteiger partial charge in [0.2, 0.25) is 0 Å².